The highest BCUT2D eigenvalue weighted by Gasteiger charge is 2.32. The van der Waals surface area contributed by atoms with Gasteiger partial charge in [0.05, 0.1) is 12.2 Å². The first-order valence-corrected chi connectivity index (χ1v) is 8.92. The molecule has 4 nitrogen and oxygen atoms in total. The Hall–Kier alpha value is -1.31. The number of hydrogen-bond acceptors (Lipinski definition) is 4. The second-order valence-electron chi connectivity index (χ2n) is 6.62. The molecule has 0 aliphatic heterocycles. The molecule has 4 heteroatoms. The highest BCUT2D eigenvalue weighted by atomic mass is 16.7. The van der Waals surface area contributed by atoms with Crippen molar-refractivity contribution in [2.24, 2.45) is 0 Å². The Morgan fingerprint density at radius 1 is 1.04 bits per heavy atom. The minimum Gasteiger partial charge on any atom is -0.364 e. The first-order chi connectivity index (χ1) is 11.2. The van der Waals surface area contributed by atoms with Crippen LogP contribution in [0.1, 0.15) is 64.2 Å². The SMILES string of the molecule is C#CCOCC(=C)C(=O)ON(C1CCCCC1)C1CCCCC1. The third-order valence-corrected chi connectivity index (χ3v) is 4.81. The van der Waals surface area contributed by atoms with Crippen LogP contribution in [0, 0.1) is 12.3 Å². The summed E-state index contributed by atoms with van der Waals surface area (Å²) in [6, 6.07) is 0.713. The van der Waals surface area contributed by atoms with Gasteiger partial charge in [0.2, 0.25) is 0 Å². The van der Waals surface area contributed by atoms with Crippen LogP contribution >= 0.6 is 0 Å². The number of hydroxylamine groups is 2. The van der Waals surface area contributed by atoms with Crippen LogP contribution < -0.4 is 0 Å². The number of ether oxygens (including phenoxy) is 1. The van der Waals surface area contributed by atoms with Gasteiger partial charge in [-0.25, -0.2) is 4.79 Å². The maximum Gasteiger partial charge on any atom is 0.354 e. The molecule has 23 heavy (non-hydrogen) atoms. The normalized spacial score (nSPS) is 20.2. The van der Waals surface area contributed by atoms with Gasteiger partial charge < -0.3 is 9.57 Å². The van der Waals surface area contributed by atoms with E-state index >= 15 is 0 Å². The van der Waals surface area contributed by atoms with Crippen molar-refractivity contribution in [1.29, 1.82) is 0 Å². The zero-order chi connectivity index (χ0) is 16.5. The molecule has 0 aromatic carbocycles. The number of carbonyl (C=O) groups excluding carboxylic acids is 1. The molecule has 0 atom stereocenters. The van der Waals surface area contributed by atoms with Crippen LogP contribution in [0.3, 0.4) is 0 Å². The fraction of sp³-hybridized carbons (Fsp3) is 0.737. The van der Waals surface area contributed by atoms with E-state index < -0.39 is 0 Å². The number of hydrogen-bond donors (Lipinski definition) is 0. The summed E-state index contributed by atoms with van der Waals surface area (Å²) in [5.74, 6) is 2.00. The molecule has 0 saturated heterocycles. The van der Waals surface area contributed by atoms with E-state index in [-0.39, 0.29) is 19.2 Å². The van der Waals surface area contributed by atoms with Crippen LogP contribution in [0.5, 0.6) is 0 Å². The van der Waals surface area contributed by atoms with Crippen molar-refractivity contribution in [3.8, 4) is 12.3 Å². The van der Waals surface area contributed by atoms with Crippen LogP contribution in [-0.4, -0.2) is 36.3 Å². The molecule has 0 aromatic heterocycles. The fourth-order valence-electron chi connectivity index (χ4n) is 3.57. The Bertz CT molecular complexity index is 410. The molecule has 0 amide bonds. The summed E-state index contributed by atoms with van der Waals surface area (Å²) in [5.41, 5.74) is 0.330. The van der Waals surface area contributed by atoms with Crippen molar-refractivity contribution < 1.29 is 14.4 Å². The average Bonchev–Trinajstić information content (AvgIpc) is 2.61. The number of nitrogens with zero attached hydrogens (tertiary/aromatic N) is 1. The Kier molecular flexibility index (Phi) is 7.64. The van der Waals surface area contributed by atoms with Gasteiger partial charge in [0.25, 0.3) is 0 Å². The van der Waals surface area contributed by atoms with E-state index in [1.807, 2.05) is 5.06 Å². The van der Waals surface area contributed by atoms with E-state index in [9.17, 15) is 4.79 Å². The van der Waals surface area contributed by atoms with Gasteiger partial charge in [-0.3, -0.25) is 0 Å². The third kappa shape index (κ3) is 5.67. The molecule has 0 unspecified atom stereocenters. The van der Waals surface area contributed by atoms with Crippen LogP contribution in [0.2, 0.25) is 0 Å². The summed E-state index contributed by atoms with van der Waals surface area (Å²) in [7, 11) is 0. The minimum atomic E-state index is -0.377. The summed E-state index contributed by atoms with van der Waals surface area (Å²) in [4.78, 5) is 18.1. The lowest BCUT2D eigenvalue weighted by Gasteiger charge is -2.39. The van der Waals surface area contributed by atoms with Crippen LogP contribution in [-0.2, 0) is 14.4 Å². The van der Waals surface area contributed by atoms with E-state index in [2.05, 4.69) is 12.5 Å². The molecule has 0 bridgehead atoms. The molecular formula is C19H29NO3. The van der Waals surface area contributed by atoms with Crippen LogP contribution in [0.15, 0.2) is 12.2 Å². The summed E-state index contributed by atoms with van der Waals surface area (Å²) in [6.07, 6.45) is 17.1. The van der Waals surface area contributed by atoms with Gasteiger partial charge in [-0.05, 0) is 25.7 Å². The Morgan fingerprint density at radius 2 is 1.57 bits per heavy atom. The molecule has 2 rings (SSSR count). The molecule has 0 spiro atoms. The third-order valence-electron chi connectivity index (χ3n) is 4.81. The minimum absolute atomic E-state index is 0.131. The first kappa shape index (κ1) is 18.0. The Morgan fingerprint density at radius 3 is 2.04 bits per heavy atom. The van der Waals surface area contributed by atoms with Crippen molar-refractivity contribution in [1.82, 2.24) is 5.06 Å². The molecule has 2 aliphatic carbocycles. The first-order valence-electron chi connectivity index (χ1n) is 8.92. The standard InChI is InChI=1S/C19H29NO3/c1-3-14-22-15-16(2)19(21)23-20(17-10-6-4-7-11-17)18-12-8-5-9-13-18/h1,17-18H,2,4-15H2. The van der Waals surface area contributed by atoms with Gasteiger partial charge in [0, 0.05) is 12.1 Å². The van der Waals surface area contributed by atoms with Crippen LogP contribution in [0.25, 0.3) is 0 Å². The lowest BCUT2D eigenvalue weighted by molar-refractivity contribution is -0.219. The topological polar surface area (TPSA) is 38.8 Å². The number of carbonyl (C=O) groups is 1. The molecule has 0 aromatic rings. The van der Waals surface area contributed by atoms with Crippen molar-refractivity contribution in [2.75, 3.05) is 13.2 Å². The predicted molar refractivity (Wildman–Crippen MR) is 90.5 cm³/mol. The second-order valence-corrected chi connectivity index (χ2v) is 6.62. The lowest BCUT2D eigenvalue weighted by Crippen LogP contribution is -2.46. The summed E-state index contributed by atoms with van der Waals surface area (Å²) < 4.78 is 5.18. The molecule has 0 radical (unpaired) electrons. The van der Waals surface area contributed by atoms with Gasteiger partial charge >= 0.3 is 5.97 Å². The smallest absolute Gasteiger partial charge is 0.354 e. The average molecular weight is 319 g/mol. The molecular weight excluding hydrogens is 290 g/mol. The molecule has 2 aliphatic rings. The van der Waals surface area contributed by atoms with Gasteiger partial charge in [0.1, 0.15) is 6.61 Å². The fourth-order valence-corrected chi connectivity index (χ4v) is 3.57. The van der Waals surface area contributed by atoms with Gasteiger partial charge in [-0.1, -0.05) is 51.0 Å². The summed E-state index contributed by atoms with van der Waals surface area (Å²) in [5, 5.41) is 2.01. The van der Waals surface area contributed by atoms with E-state index in [1.165, 1.54) is 38.5 Å². The Labute approximate surface area is 140 Å². The molecule has 2 saturated carbocycles. The highest BCUT2D eigenvalue weighted by Crippen LogP contribution is 2.30. The maximum absolute atomic E-state index is 12.3. The zero-order valence-corrected chi connectivity index (χ0v) is 14.1. The summed E-state index contributed by atoms with van der Waals surface area (Å²) in [6.45, 7) is 4.09. The largest absolute Gasteiger partial charge is 0.364 e. The summed E-state index contributed by atoms with van der Waals surface area (Å²) >= 11 is 0. The van der Waals surface area contributed by atoms with E-state index in [4.69, 9.17) is 16.0 Å². The second kappa shape index (κ2) is 9.75. The molecule has 0 N–H and O–H groups in total. The van der Waals surface area contributed by atoms with Gasteiger partial charge in [-0.2, -0.15) is 0 Å². The molecule has 2 fully saturated rings. The number of rotatable bonds is 7. The zero-order valence-electron chi connectivity index (χ0n) is 14.1. The lowest BCUT2D eigenvalue weighted by atomic mass is 9.90. The highest BCUT2D eigenvalue weighted by molar-refractivity contribution is 5.87. The van der Waals surface area contributed by atoms with E-state index in [0.29, 0.717) is 17.7 Å². The van der Waals surface area contributed by atoms with Crippen molar-refractivity contribution in [2.45, 2.75) is 76.3 Å². The number of terminal acetylenes is 1. The van der Waals surface area contributed by atoms with Crippen molar-refractivity contribution >= 4 is 5.97 Å². The quantitative estimate of drug-likeness (QED) is 0.311. The van der Waals surface area contributed by atoms with E-state index in [1.54, 1.807) is 0 Å². The molecule has 0 heterocycles. The van der Waals surface area contributed by atoms with Gasteiger partial charge in [0.15, 0.2) is 0 Å². The van der Waals surface area contributed by atoms with Crippen LogP contribution in [0.4, 0.5) is 0 Å². The van der Waals surface area contributed by atoms with Gasteiger partial charge in [-0.15, -0.1) is 11.5 Å². The monoisotopic (exact) mass is 319 g/mol. The van der Waals surface area contributed by atoms with Crippen molar-refractivity contribution in [3.05, 3.63) is 12.2 Å². The van der Waals surface area contributed by atoms with Crippen molar-refractivity contribution in [3.63, 3.8) is 0 Å². The van der Waals surface area contributed by atoms with E-state index in [0.717, 1.165) is 25.7 Å². The Balaban J connectivity index is 1.94. The predicted octanol–water partition coefficient (Wildman–Crippen LogP) is 3.62. The maximum atomic E-state index is 12.3. The molecule has 128 valence electrons.